The molecule has 7 heteroatoms. The summed E-state index contributed by atoms with van der Waals surface area (Å²) in [7, 11) is -3.64. The molecule has 0 bridgehead atoms. The number of nitrogens with zero attached hydrogens (tertiary/aromatic N) is 2. The predicted octanol–water partition coefficient (Wildman–Crippen LogP) is 4.61. The lowest BCUT2D eigenvalue weighted by molar-refractivity contribution is 0.408. The fraction of sp³-hybridized carbons (Fsp3) is 0.318. The second-order valence-electron chi connectivity index (χ2n) is 6.97. The highest BCUT2D eigenvalue weighted by atomic mass is 32.2. The number of aromatic nitrogens is 2. The maximum absolute atomic E-state index is 12.8. The summed E-state index contributed by atoms with van der Waals surface area (Å²) in [6, 6.07) is 14.6. The van der Waals surface area contributed by atoms with Crippen molar-refractivity contribution in [2.45, 2.75) is 51.6 Å². The van der Waals surface area contributed by atoms with Gasteiger partial charge in [-0.1, -0.05) is 36.8 Å². The van der Waals surface area contributed by atoms with Crippen LogP contribution in [0.1, 0.15) is 43.6 Å². The van der Waals surface area contributed by atoms with E-state index in [0.29, 0.717) is 18.3 Å². The number of benzene rings is 2. The smallest absolute Gasteiger partial charge is 0.302 e. The third kappa shape index (κ3) is 4.86. The maximum atomic E-state index is 12.8. The van der Waals surface area contributed by atoms with Crippen molar-refractivity contribution in [1.29, 1.82) is 0 Å². The van der Waals surface area contributed by atoms with Crippen molar-refractivity contribution in [1.82, 2.24) is 14.3 Å². The minimum Gasteiger partial charge on any atom is -0.426 e. The standard InChI is InChI=1S/C22H27N3O3S/c1-5-18-9-13-20(14-10-18)29(26,27)24-17(4)21-15-23-22(25(21)6-2)28-19-11-7-16(3)8-12-19/h7-15,17,24H,5-6H2,1-4H3. The van der Waals surface area contributed by atoms with Gasteiger partial charge in [0.25, 0.3) is 0 Å². The number of imidazole rings is 1. The molecule has 1 N–H and O–H groups in total. The van der Waals surface area contributed by atoms with Crippen LogP contribution in [-0.2, 0) is 23.0 Å². The summed E-state index contributed by atoms with van der Waals surface area (Å²) in [6.45, 7) is 8.42. The summed E-state index contributed by atoms with van der Waals surface area (Å²) in [5.74, 6) is 0.687. The van der Waals surface area contributed by atoms with E-state index in [4.69, 9.17) is 4.74 Å². The van der Waals surface area contributed by atoms with Gasteiger partial charge in [-0.15, -0.1) is 0 Å². The molecule has 0 aliphatic rings. The monoisotopic (exact) mass is 413 g/mol. The molecule has 29 heavy (non-hydrogen) atoms. The first-order chi connectivity index (χ1) is 13.8. The average molecular weight is 414 g/mol. The number of aryl methyl sites for hydroxylation is 2. The van der Waals surface area contributed by atoms with Gasteiger partial charge in [-0.05, 0) is 57.0 Å². The van der Waals surface area contributed by atoms with Crippen LogP contribution in [0.4, 0.5) is 0 Å². The van der Waals surface area contributed by atoms with E-state index in [-0.39, 0.29) is 4.90 Å². The number of nitrogens with one attached hydrogen (secondary N) is 1. The zero-order valence-corrected chi connectivity index (χ0v) is 18.0. The number of ether oxygens (including phenoxy) is 1. The van der Waals surface area contributed by atoms with Crippen molar-refractivity contribution in [3.63, 3.8) is 0 Å². The second-order valence-corrected chi connectivity index (χ2v) is 8.68. The Balaban J connectivity index is 1.80. The van der Waals surface area contributed by atoms with Gasteiger partial charge < -0.3 is 4.74 Å². The Morgan fingerprint density at radius 1 is 1.07 bits per heavy atom. The fourth-order valence-electron chi connectivity index (χ4n) is 3.09. The summed E-state index contributed by atoms with van der Waals surface area (Å²) in [5.41, 5.74) is 2.98. The molecule has 3 aromatic rings. The molecule has 0 aliphatic heterocycles. The molecule has 1 heterocycles. The number of hydrogen-bond donors (Lipinski definition) is 1. The normalized spacial score (nSPS) is 12.7. The Kier molecular flexibility index (Phi) is 6.39. The van der Waals surface area contributed by atoms with Gasteiger partial charge in [0.05, 0.1) is 22.8 Å². The van der Waals surface area contributed by atoms with Crippen molar-refractivity contribution in [2.75, 3.05) is 0 Å². The highest BCUT2D eigenvalue weighted by molar-refractivity contribution is 7.89. The van der Waals surface area contributed by atoms with Gasteiger partial charge in [0, 0.05) is 6.54 Å². The first-order valence-electron chi connectivity index (χ1n) is 9.75. The van der Waals surface area contributed by atoms with Crippen molar-refractivity contribution < 1.29 is 13.2 Å². The third-order valence-corrected chi connectivity index (χ3v) is 6.37. The van der Waals surface area contributed by atoms with Crippen LogP contribution in [0, 0.1) is 6.92 Å². The molecule has 0 amide bonds. The minimum atomic E-state index is -3.64. The zero-order chi connectivity index (χ0) is 21.0. The van der Waals surface area contributed by atoms with Gasteiger partial charge in [-0.2, -0.15) is 0 Å². The Bertz CT molecular complexity index is 1060. The summed E-state index contributed by atoms with van der Waals surface area (Å²) >= 11 is 0. The topological polar surface area (TPSA) is 73.2 Å². The van der Waals surface area contributed by atoms with Crippen LogP contribution in [0.2, 0.25) is 0 Å². The number of hydrogen-bond acceptors (Lipinski definition) is 4. The fourth-order valence-corrected chi connectivity index (χ4v) is 4.31. The molecule has 0 radical (unpaired) electrons. The summed E-state index contributed by atoms with van der Waals surface area (Å²) in [5, 5.41) is 0. The van der Waals surface area contributed by atoms with Crippen molar-refractivity contribution >= 4 is 10.0 Å². The minimum absolute atomic E-state index is 0.250. The highest BCUT2D eigenvalue weighted by Gasteiger charge is 2.22. The summed E-state index contributed by atoms with van der Waals surface area (Å²) < 4.78 is 36.1. The summed E-state index contributed by atoms with van der Waals surface area (Å²) in [4.78, 5) is 4.61. The van der Waals surface area contributed by atoms with Gasteiger partial charge in [0.15, 0.2) is 0 Å². The second kappa shape index (κ2) is 8.80. The van der Waals surface area contributed by atoms with Crippen LogP contribution in [0.15, 0.2) is 59.6 Å². The largest absolute Gasteiger partial charge is 0.426 e. The molecule has 3 rings (SSSR count). The average Bonchev–Trinajstić information content (AvgIpc) is 3.12. The molecule has 6 nitrogen and oxygen atoms in total. The Hall–Kier alpha value is -2.64. The quantitative estimate of drug-likeness (QED) is 0.585. The zero-order valence-electron chi connectivity index (χ0n) is 17.2. The Morgan fingerprint density at radius 2 is 1.72 bits per heavy atom. The van der Waals surface area contributed by atoms with Gasteiger partial charge in [0.2, 0.25) is 10.0 Å². The molecule has 1 atom stereocenters. The van der Waals surface area contributed by atoms with Crippen LogP contribution >= 0.6 is 0 Å². The maximum Gasteiger partial charge on any atom is 0.302 e. The molecule has 1 unspecified atom stereocenters. The lowest BCUT2D eigenvalue weighted by Gasteiger charge is -2.17. The number of rotatable bonds is 8. The lowest BCUT2D eigenvalue weighted by atomic mass is 10.2. The van der Waals surface area contributed by atoms with E-state index >= 15 is 0 Å². The highest BCUT2D eigenvalue weighted by Crippen LogP contribution is 2.26. The van der Waals surface area contributed by atoms with E-state index < -0.39 is 16.1 Å². The van der Waals surface area contributed by atoms with Crippen LogP contribution < -0.4 is 9.46 Å². The molecular weight excluding hydrogens is 386 g/mol. The SMILES string of the molecule is CCc1ccc(S(=O)(=O)NC(C)c2cnc(Oc3ccc(C)cc3)n2CC)cc1. The Labute approximate surface area is 172 Å². The molecule has 0 fully saturated rings. The molecule has 0 spiro atoms. The van der Waals surface area contributed by atoms with Crippen LogP contribution in [0.3, 0.4) is 0 Å². The van der Waals surface area contributed by atoms with E-state index in [9.17, 15) is 8.42 Å². The lowest BCUT2D eigenvalue weighted by Crippen LogP contribution is -2.28. The van der Waals surface area contributed by atoms with Crippen molar-refractivity contribution in [3.05, 3.63) is 71.5 Å². The van der Waals surface area contributed by atoms with Crippen molar-refractivity contribution in [3.8, 4) is 11.8 Å². The molecule has 0 saturated heterocycles. The van der Waals surface area contributed by atoms with Gasteiger partial charge in [-0.25, -0.2) is 18.1 Å². The molecule has 2 aromatic carbocycles. The predicted molar refractivity (Wildman–Crippen MR) is 114 cm³/mol. The van der Waals surface area contributed by atoms with Crippen LogP contribution in [-0.4, -0.2) is 18.0 Å². The van der Waals surface area contributed by atoms with E-state index in [1.807, 2.05) is 61.7 Å². The molecule has 0 saturated carbocycles. The van der Waals surface area contributed by atoms with Gasteiger partial charge >= 0.3 is 6.01 Å². The van der Waals surface area contributed by atoms with E-state index in [0.717, 1.165) is 23.2 Å². The molecule has 154 valence electrons. The number of sulfonamides is 1. The van der Waals surface area contributed by atoms with Gasteiger partial charge in [-0.3, -0.25) is 4.57 Å². The Morgan fingerprint density at radius 3 is 2.31 bits per heavy atom. The van der Waals surface area contributed by atoms with Crippen LogP contribution in [0.25, 0.3) is 0 Å². The first kappa shape index (κ1) is 21.1. The van der Waals surface area contributed by atoms with Crippen molar-refractivity contribution in [2.24, 2.45) is 0 Å². The van der Waals surface area contributed by atoms with Crippen LogP contribution in [0.5, 0.6) is 11.8 Å². The molecular formula is C22H27N3O3S. The van der Waals surface area contributed by atoms with E-state index in [1.165, 1.54) is 0 Å². The summed E-state index contributed by atoms with van der Waals surface area (Å²) in [6.07, 6.45) is 2.52. The van der Waals surface area contributed by atoms with E-state index in [2.05, 4.69) is 9.71 Å². The van der Waals surface area contributed by atoms with Gasteiger partial charge in [0.1, 0.15) is 5.75 Å². The molecule has 0 aliphatic carbocycles. The van der Waals surface area contributed by atoms with E-state index in [1.54, 1.807) is 25.3 Å². The third-order valence-electron chi connectivity index (χ3n) is 4.81. The molecule has 1 aromatic heterocycles. The first-order valence-corrected chi connectivity index (χ1v) is 11.2.